The number of carboxylic acid groups (broad SMARTS) is 1. The molecule has 0 unspecified atom stereocenters. The van der Waals surface area contributed by atoms with Gasteiger partial charge < -0.3 is 5.11 Å². The number of benzene rings is 1. The van der Waals surface area contributed by atoms with E-state index in [1.807, 2.05) is 0 Å². The minimum absolute atomic E-state index is 0.133. The van der Waals surface area contributed by atoms with Crippen LogP contribution in [-0.4, -0.2) is 26.0 Å². The van der Waals surface area contributed by atoms with Crippen LogP contribution in [0.15, 0.2) is 24.3 Å². The quantitative estimate of drug-likeness (QED) is 0.564. The van der Waals surface area contributed by atoms with E-state index >= 15 is 0 Å². The molecule has 1 aromatic carbocycles. The smallest absolute Gasteiger partial charge is 0.335 e. The maximum absolute atomic E-state index is 11.8. The first-order valence-electron chi connectivity index (χ1n) is 6.17. The summed E-state index contributed by atoms with van der Waals surface area (Å²) < 4.78 is 26.1. The van der Waals surface area contributed by atoms with Crippen LogP contribution in [0.25, 0.3) is 0 Å². The van der Waals surface area contributed by atoms with E-state index in [4.69, 9.17) is 11.5 Å². The van der Waals surface area contributed by atoms with Gasteiger partial charge in [-0.2, -0.15) is 0 Å². The first kappa shape index (κ1) is 16.2. The lowest BCUT2D eigenvalue weighted by Crippen LogP contribution is -2.26. The molecule has 0 radical (unpaired) electrons. The number of sulfonamides is 1. The van der Waals surface area contributed by atoms with Crippen LogP contribution in [0.3, 0.4) is 0 Å². The molecular formula is C14H17NO4S. The van der Waals surface area contributed by atoms with Crippen molar-refractivity contribution in [2.24, 2.45) is 0 Å². The van der Waals surface area contributed by atoms with Crippen molar-refractivity contribution in [3.8, 4) is 12.3 Å². The monoisotopic (exact) mass is 295 g/mol. The Morgan fingerprint density at radius 2 is 1.90 bits per heavy atom. The SMILES string of the molecule is C#CCCCCNS(=O)(=O)Cc1ccc(C(=O)O)cc1. The Balaban J connectivity index is 2.49. The van der Waals surface area contributed by atoms with Crippen LogP contribution < -0.4 is 4.72 Å². The van der Waals surface area contributed by atoms with Crippen molar-refractivity contribution in [3.63, 3.8) is 0 Å². The Bertz CT molecular complexity index is 585. The number of nitrogens with one attached hydrogen (secondary N) is 1. The number of carbonyl (C=O) groups is 1. The molecule has 0 saturated heterocycles. The lowest BCUT2D eigenvalue weighted by molar-refractivity contribution is 0.0697. The summed E-state index contributed by atoms with van der Waals surface area (Å²) in [7, 11) is -3.40. The average Bonchev–Trinajstić information content (AvgIpc) is 2.38. The summed E-state index contributed by atoms with van der Waals surface area (Å²) in [6.07, 6.45) is 7.22. The second-order valence-electron chi connectivity index (χ2n) is 4.32. The van der Waals surface area contributed by atoms with Gasteiger partial charge in [-0.25, -0.2) is 17.9 Å². The molecule has 0 fully saturated rings. The van der Waals surface area contributed by atoms with E-state index in [0.29, 0.717) is 24.9 Å². The van der Waals surface area contributed by atoms with E-state index in [1.165, 1.54) is 24.3 Å². The number of carboxylic acids is 1. The molecule has 0 spiro atoms. The number of terminal acetylenes is 1. The van der Waals surface area contributed by atoms with Crippen LogP contribution in [0.2, 0.25) is 0 Å². The first-order chi connectivity index (χ1) is 9.44. The highest BCUT2D eigenvalue weighted by atomic mass is 32.2. The molecule has 5 nitrogen and oxygen atoms in total. The van der Waals surface area contributed by atoms with E-state index in [0.717, 1.165) is 6.42 Å². The lowest BCUT2D eigenvalue weighted by atomic mass is 10.1. The van der Waals surface area contributed by atoms with Gasteiger partial charge in [-0.3, -0.25) is 0 Å². The third-order valence-corrected chi connectivity index (χ3v) is 3.98. The molecule has 1 rings (SSSR count). The van der Waals surface area contributed by atoms with Crippen LogP contribution in [0.4, 0.5) is 0 Å². The maximum atomic E-state index is 11.8. The molecule has 20 heavy (non-hydrogen) atoms. The Hall–Kier alpha value is -1.84. The molecular weight excluding hydrogens is 278 g/mol. The van der Waals surface area contributed by atoms with Gasteiger partial charge in [0.1, 0.15) is 0 Å². The van der Waals surface area contributed by atoms with E-state index in [9.17, 15) is 13.2 Å². The Morgan fingerprint density at radius 3 is 2.45 bits per heavy atom. The molecule has 0 aromatic heterocycles. The van der Waals surface area contributed by atoms with E-state index in [2.05, 4.69) is 10.6 Å². The number of rotatable bonds is 8. The van der Waals surface area contributed by atoms with Gasteiger partial charge in [0, 0.05) is 13.0 Å². The van der Waals surface area contributed by atoms with Gasteiger partial charge in [0.15, 0.2) is 0 Å². The highest BCUT2D eigenvalue weighted by molar-refractivity contribution is 7.88. The third kappa shape index (κ3) is 5.87. The van der Waals surface area contributed by atoms with Crippen LogP contribution in [0.5, 0.6) is 0 Å². The molecule has 0 bridgehead atoms. The molecule has 2 N–H and O–H groups in total. The highest BCUT2D eigenvalue weighted by Gasteiger charge is 2.11. The van der Waals surface area contributed by atoms with Gasteiger partial charge >= 0.3 is 5.97 Å². The predicted octanol–water partition coefficient (Wildman–Crippen LogP) is 1.61. The molecule has 0 heterocycles. The summed E-state index contributed by atoms with van der Waals surface area (Å²) in [4.78, 5) is 10.7. The zero-order chi connectivity index (χ0) is 15.0. The first-order valence-corrected chi connectivity index (χ1v) is 7.83. The summed E-state index contributed by atoms with van der Waals surface area (Å²) in [5, 5.41) is 8.75. The molecule has 0 amide bonds. The fourth-order valence-corrected chi connectivity index (χ4v) is 2.78. The molecule has 0 aliphatic heterocycles. The van der Waals surface area contributed by atoms with Gasteiger partial charge in [-0.1, -0.05) is 12.1 Å². The van der Waals surface area contributed by atoms with E-state index < -0.39 is 16.0 Å². The molecule has 1 aromatic rings. The van der Waals surface area contributed by atoms with Crippen molar-refractivity contribution in [1.82, 2.24) is 4.72 Å². The summed E-state index contributed by atoms with van der Waals surface area (Å²) in [5.74, 6) is 1.29. The number of unbranched alkanes of at least 4 members (excludes halogenated alkanes) is 2. The summed E-state index contributed by atoms with van der Waals surface area (Å²) in [5.41, 5.74) is 0.680. The molecule has 0 aliphatic carbocycles. The lowest BCUT2D eigenvalue weighted by Gasteiger charge is -2.06. The van der Waals surface area contributed by atoms with Crippen molar-refractivity contribution in [1.29, 1.82) is 0 Å². The minimum Gasteiger partial charge on any atom is -0.478 e. The molecule has 108 valence electrons. The number of hydrogen-bond acceptors (Lipinski definition) is 3. The molecule has 6 heteroatoms. The molecule has 0 aliphatic rings. The van der Waals surface area contributed by atoms with E-state index in [-0.39, 0.29) is 11.3 Å². The summed E-state index contributed by atoms with van der Waals surface area (Å²) in [6.45, 7) is 0.358. The van der Waals surface area contributed by atoms with Gasteiger partial charge in [0.2, 0.25) is 10.0 Å². The fraction of sp³-hybridized carbons (Fsp3) is 0.357. The minimum atomic E-state index is -3.40. The predicted molar refractivity (Wildman–Crippen MR) is 76.7 cm³/mol. The topological polar surface area (TPSA) is 83.5 Å². The highest BCUT2D eigenvalue weighted by Crippen LogP contribution is 2.08. The summed E-state index contributed by atoms with van der Waals surface area (Å²) >= 11 is 0. The summed E-state index contributed by atoms with van der Waals surface area (Å²) in [6, 6.07) is 5.78. The molecule has 0 atom stereocenters. The maximum Gasteiger partial charge on any atom is 0.335 e. The number of aromatic carboxylic acids is 1. The number of hydrogen-bond donors (Lipinski definition) is 2. The zero-order valence-corrected chi connectivity index (χ0v) is 11.8. The van der Waals surface area contributed by atoms with Gasteiger partial charge in [0.05, 0.1) is 11.3 Å². The Kier molecular flexibility index (Phi) is 6.22. The van der Waals surface area contributed by atoms with Crippen molar-refractivity contribution >= 4 is 16.0 Å². The fourth-order valence-electron chi connectivity index (χ4n) is 1.59. The Labute approximate surface area is 119 Å². The standard InChI is InChI=1S/C14H17NO4S/c1-2-3-4-5-10-15-20(18,19)11-12-6-8-13(9-7-12)14(16)17/h1,6-9,15H,3-5,10-11H2,(H,16,17). The van der Waals surface area contributed by atoms with Gasteiger partial charge in [-0.05, 0) is 30.5 Å². The van der Waals surface area contributed by atoms with Crippen LogP contribution in [-0.2, 0) is 15.8 Å². The van der Waals surface area contributed by atoms with Crippen molar-refractivity contribution in [3.05, 3.63) is 35.4 Å². The average molecular weight is 295 g/mol. The van der Waals surface area contributed by atoms with Crippen molar-refractivity contribution in [2.75, 3.05) is 6.54 Å². The second kappa shape index (κ2) is 7.68. The third-order valence-electron chi connectivity index (χ3n) is 2.63. The van der Waals surface area contributed by atoms with Crippen molar-refractivity contribution < 1.29 is 18.3 Å². The van der Waals surface area contributed by atoms with Crippen LogP contribution >= 0.6 is 0 Å². The van der Waals surface area contributed by atoms with Crippen LogP contribution in [0, 0.1) is 12.3 Å². The molecule has 0 saturated carbocycles. The Morgan fingerprint density at radius 1 is 1.25 bits per heavy atom. The van der Waals surface area contributed by atoms with E-state index in [1.54, 1.807) is 0 Å². The van der Waals surface area contributed by atoms with Gasteiger partial charge in [0.25, 0.3) is 0 Å². The zero-order valence-electron chi connectivity index (χ0n) is 11.0. The normalized spacial score (nSPS) is 10.9. The van der Waals surface area contributed by atoms with Crippen LogP contribution in [0.1, 0.15) is 35.2 Å². The second-order valence-corrected chi connectivity index (χ2v) is 6.12. The largest absolute Gasteiger partial charge is 0.478 e. The van der Waals surface area contributed by atoms with Gasteiger partial charge in [-0.15, -0.1) is 12.3 Å². The van der Waals surface area contributed by atoms with Crippen molar-refractivity contribution in [2.45, 2.75) is 25.0 Å².